The zero-order valence-corrected chi connectivity index (χ0v) is 10.7. The highest BCUT2D eigenvalue weighted by Gasteiger charge is 2.85. The highest BCUT2D eigenvalue weighted by Crippen LogP contribution is 2.92. The molecule has 0 spiro atoms. The van der Waals surface area contributed by atoms with Crippen molar-refractivity contribution in [2.24, 2.45) is 16.7 Å². The van der Waals surface area contributed by atoms with Gasteiger partial charge < -0.3 is 4.74 Å². The zero-order valence-electron chi connectivity index (χ0n) is 10.7. The van der Waals surface area contributed by atoms with Gasteiger partial charge in [-0.3, -0.25) is 9.59 Å². The Morgan fingerprint density at radius 1 is 1.39 bits per heavy atom. The second-order valence-electron chi connectivity index (χ2n) is 5.67. The highest BCUT2D eigenvalue weighted by atomic mass is 16.6. The maximum Gasteiger partial charge on any atom is 0.317 e. The van der Waals surface area contributed by atoms with Gasteiger partial charge in [0.05, 0.1) is 12.3 Å². The Morgan fingerprint density at radius 2 is 2.06 bits per heavy atom. The van der Waals surface area contributed by atoms with Crippen molar-refractivity contribution in [1.82, 2.24) is 0 Å². The Hall–Kier alpha value is -1.64. The third-order valence-corrected chi connectivity index (χ3v) is 4.94. The molecule has 1 saturated heterocycles. The lowest BCUT2D eigenvalue weighted by atomic mass is 10.0. The quantitative estimate of drug-likeness (QED) is 0.435. The molecule has 0 amide bonds. The Balaban J connectivity index is 1.56. The van der Waals surface area contributed by atoms with Crippen molar-refractivity contribution >= 4 is 11.9 Å². The zero-order chi connectivity index (χ0) is 13.1. The first-order valence-electron chi connectivity index (χ1n) is 6.24. The smallest absolute Gasteiger partial charge is 0.317 e. The number of carbonyl (C=O) groups excluding carboxylic acids is 2. The maximum absolute atomic E-state index is 11.2. The van der Waals surface area contributed by atoms with Crippen LogP contribution in [0, 0.1) is 16.7 Å². The van der Waals surface area contributed by atoms with Crippen LogP contribution in [-0.4, -0.2) is 11.9 Å². The fourth-order valence-corrected chi connectivity index (χ4v) is 3.20. The van der Waals surface area contributed by atoms with Gasteiger partial charge in [0.15, 0.2) is 0 Å². The van der Waals surface area contributed by atoms with Gasteiger partial charge in [-0.2, -0.15) is 0 Å². The molecule has 18 heavy (non-hydrogen) atoms. The third kappa shape index (κ3) is 1.19. The maximum atomic E-state index is 11.2. The number of esters is 2. The first-order chi connectivity index (χ1) is 8.42. The Bertz CT molecular complexity index is 520. The third-order valence-electron chi connectivity index (χ3n) is 4.94. The molecule has 94 valence electrons. The summed E-state index contributed by atoms with van der Waals surface area (Å²) in [6.45, 7) is 8.46. The summed E-state index contributed by atoms with van der Waals surface area (Å²) in [5.74, 6) is -1.09. The van der Waals surface area contributed by atoms with E-state index in [1.807, 2.05) is 12.2 Å². The summed E-state index contributed by atoms with van der Waals surface area (Å²) in [6, 6.07) is 0. The van der Waals surface area contributed by atoms with E-state index in [0.29, 0.717) is 6.42 Å². The van der Waals surface area contributed by atoms with Gasteiger partial charge in [0.2, 0.25) is 0 Å². The summed E-state index contributed by atoms with van der Waals surface area (Å²) in [5, 5.41) is 0. The minimum absolute atomic E-state index is 0.214. The summed E-state index contributed by atoms with van der Waals surface area (Å²) >= 11 is 0. The molecule has 2 aliphatic carbocycles. The summed E-state index contributed by atoms with van der Waals surface area (Å²) in [7, 11) is 0. The van der Waals surface area contributed by atoms with Crippen LogP contribution in [0.3, 0.4) is 0 Å². The van der Waals surface area contributed by atoms with E-state index in [1.165, 1.54) is 11.1 Å². The number of fused-ring (bicyclic) bond motifs is 1. The lowest BCUT2D eigenvalue weighted by Gasteiger charge is -2.00. The van der Waals surface area contributed by atoms with E-state index < -0.39 is 5.97 Å². The second kappa shape index (κ2) is 3.22. The van der Waals surface area contributed by atoms with Crippen LogP contribution in [0.25, 0.3) is 0 Å². The van der Waals surface area contributed by atoms with Gasteiger partial charge in [-0.05, 0) is 12.0 Å². The molecule has 2 saturated carbocycles. The van der Waals surface area contributed by atoms with Gasteiger partial charge in [-0.15, -0.1) is 0 Å². The van der Waals surface area contributed by atoms with Crippen LogP contribution >= 0.6 is 0 Å². The molecule has 3 heteroatoms. The Kier molecular flexibility index (Phi) is 2.05. The van der Waals surface area contributed by atoms with Crippen molar-refractivity contribution in [2.75, 3.05) is 0 Å². The molecular formula is C15H16O3. The molecule has 3 atom stereocenters. The van der Waals surface area contributed by atoms with E-state index in [1.54, 1.807) is 0 Å². The van der Waals surface area contributed by atoms with Crippen molar-refractivity contribution in [3.63, 3.8) is 0 Å². The van der Waals surface area contributed by atoms with Crippen LogP contribution in [-0.2, 0) is 14.3 Å². The van der Waals surface area contributed by atoms with E-state index in [0.717, 1.165) is 0 Å². The number of hydrogen-bond donors (Lipinski definition) is 0. The van der Waals surface area contributed by atoms with Gasteiger partial charge in [-0.25, -0.2) is 0 Å². The topological polar surface area (TPSA) is 43.4 Å². The van der Waals surface area contributed by atoms with E-state index in [-0.39, 0.29) is 29.1 Å². The molecule has 3 nitrogen and oxygen atoms in total. The molecule has 0 bridgehead atoms. The fourth-order valence-electron chi connectivity index (χ4n) is 3.20. The average Bonchev–Trinajstić information content (AvgIpc) is 2.88. The van der Waals surface area contributed by atoms with Crippen molar-refractivity contribution in [3.05, 3.63) is 36.0 Å². The number of ether oxygens (including phenoxy) is 1. The van der Waals surface area contributed by atoms with Gasteiger partial charge in [0.1, 0.15) is 0 Å². The summed E-state index contributed by atoms with van der Waals surface area (Å²) in [4.78, 5) is 22.1. The Labute approximate surface area is 106 Å². The van der Waals surface area contributed by atoms with E-state index in [4.69, 9.17) is 0 Å². The lowest BCUT2D eigenvalue weighted by Crippen LogP contribution is -2.05. The number of cyclic esters (lactones) is 2. The van der Waals surface area contributed by atoms with E-state index in [2.05, 4.69) is 31.2 Å². The van der Waals surface area contributed by atoms with E-state index in [9.17, 15) is 9.59 Å². The van der Waals surface area contributed by atoms with Gasteiger partial charge in [0, 0.05) is 10.8 Å². The molecule has 0 radical (unpaired) electrons. The molecule has 0 aromatic rings. The number of carbonyl (C=O) groups is 2. The monoisotopic (exact) mass is 244 g/mol. The molecular weight excluding hydrogens is 228 g/mol. The summed E-state index contributed by atoms with van der Waals surface area (Å²) < 4.78 is 4.50. The summed E-state index contributed by atoms with van der Waals surface area (Å²) in [6.07, 6.45) is 6.80. The molecule has 0 aromatic carbocycles. The number of rotatable bonds is 3. The largest absolute Gasteiger partial charge is 0.393 e. The molecule has 3 rings (SSSR count). The molecule has 1 aliphatic heterocycles. The fraction of sp³-hybridized carbons (Fsp3) is 0.467. The van der Waals surface area contributed by atoms with Crippen LogP contribution < -0.4 is 0 Å². The van der Waals surface area contributed by atoms with Crippen LogP contribution in [0.4, 0.5) is 0 Å². The minimum atomic E-state index is -0.406. The molecule has 0 N–H and O–H groups in total. The molecule has 3 fully saturated rings. The molecule has 0 aromatic heterocycles. The molecule has 1 heterocycles. The van der Waals surface area contributed by atoms with Crippen molar-refractivity contribution < 1.29 is 14.3 Å². The lowest BCUT2D eigenvalue weighted by molar-refractivity contribution is -0.153. The van der Waals surface area contributed by atoms with Crippen molar-refractivity contribution in [2.45, 2.75) is 26.7 Å². The highest BCUT2D eigenvalue weighted by molar-refractivity contribution is 5.94. The minimum Gasteiger partial charge on any atom is -0.393 e. The van der Waals surface area contributed by atoms with Gasteiger partial charge >= 0.3 is 11.9 Å². The number of allylic oxidation sites excluding steroid dienone is 5. The Morgan fingerprint density at radius 3 is 2.56 bits per heavy atom. The first kappa shape index (κ1) is 11.5. The standard InChI is InChI=1S/C15H16O3/c1-9-14(2)11(15(9,14)3)7-5-4-6-10-8-12(16)18-13(10)17/h4-5,7,10H,1,6,8H2,2-3H3/b5-4+,11-7?. The predicted octanol–water partition coefficient (Wildman–Crippen LogP) is 2.54. The normalized spacial score (nSPS) is 41.1. The van der Waals surface area contributed by atoms with Gasteiger partial charge in [0.25, 0.3) is 0 Å². The average molecular weight is 244 g/mol. The van der Waals surface area contributed by atoms with Crippen LogP contribution in [0.5, 0.6) is 0 Å². The van der Waals surface area contributed by atoms with Crippen LogP contribution in [0.15, 0.2) is 36.0 Å². The van der Waals surface area contributed by atoms with E-state index >= 15 is 0 Å². The van der Waals surface area contributed by atoms with Crippen LogP contribution in [0.1, 0.15) is 26.7 Å². The van der Waals surface area contributed by atoms with Crippen molar-refractivity contribution in [1.29, 1.82) is 0 Å². The summed E-state index contributed by atoms with van der Waals surface area (Å²) in [5.41, 5.74) is 3.21. The number of hydrogen-bond acceptors (Lipinski definition) is 3. The SMILES string of the molecule is C=C1C2(C)C(=C/C=C/CC3CC(=O)OC3=O)C12C. The van der Waals surface area contributed by atoms with Crippen molar-refractivity contribution in [3.8, 4) is 0 Å². The van der Waals surface area contributed by atoms with Crippen LogP contribution in [0.2, 0.25) is 0 Å². The molecule has 3 unspecified atom stereocenters. The second-order valence-corrected chi connectivity index (χ2v) is 5.67. The predicted molar refractivity (Wildman–Crippen MR) is 66.4 cm³/mol. The van der Waals surface area contributed by atoms with Gasteiger partial charge in [-0.1, -0.05) is 44.2 Å². The first-order valence-corrected chi connectivity index (χ1v) is 6.24. The molecule has 3 aliphatic rings.